The Balaban J connectivity index is 2.12. The average molecular weight is 222 g/mol. The van der Waals surface area contributed by atoms with Gasteiger partial charge in [0, 0.05) is 17.1 Å². The van der Waals surface area contributed by atoms with E-state index in [0.717, 1.165) is 23.6 Å². The Morgan fingerprint density at radius 2 is 2.00 bits per heavy atom. The molecule has 3 heteroatoms. The van der Waals surface area contributed by atoms with Gasteiger partial charge in [0.1, 0.15) is 0 Å². The molecule has 78 valence electrons. The van der Waals surface area contributed by atoms with E-state index < -0.39 is 0 Å². The lowest BCUT2D eigenvalue weighted by Crippen LogP contribution is -2.34. The predicted molar refractivity (Wildman–Crippen MR) is 60.9 cm³/mol. The van der Waals surface area contributed by atoms with Crippen LogP contribution in [0.4, 0.5) is 0 Å². The van der Waals surface area contributed by atoms with Crippen molar-refractivity contribution in [1.29, 1.82) is 0 Å². The van der Waals surface area contributed by atoms with Crippen LogP contribution < -0.4 is 0 Å². The summed E-state index contributed by atoms with van der Waals surface area (Å²) < 4.78 is 0. The summed E-state index contributed by atoms with van der Waals surface area (Å²) in [6, 6.07) is 9.30. The number of halogens is 1. The molecule has 1 aliphatic heterocycles. The monoisotopic (exact) mass is 221 g/mol. The van der Waals surface area contributed by atoms with Gasteiger partial charge in [-0.2, -0.15) is 0 Å². The number of carbonyl (C=O) groups is 1. The Kier molecular flexibility index (Phi) is 3.07. The molecule has 0 aromatic heterocycles. The van der Waals surface area contributed by atoms with Gasteiger partial charge in [-0.1, -0.05) is 35.9 Å². The second-order valence-electron chi connectivity index (χ2n) is 3.53. The van der Waals surface area contributed by atoms with E-state index in [1.54, 1.807) is 4.90 Å². The van der Waals surface area contributed by atoms with Crippen LogP contribution in [-0.2, 0) is 0 Å². The molecule has 2 rings (SSSR count). The first kappa shape index (κ1) is 10.2. The summed E-state index contributed by atoms with van der Waals surface area (Å²) in [5, 5.41) is 0.755. The van der Waals surface area contributed by atoms with Crippen LogP contribution in [0.25, 0.3) is 0 Å². The molecule has 0 saturated carbocycles. The van der Waals surface area contributed by atoms with Crippen molar-refractivity contribution in [3.63, 3.8) is 0 Å². The van der Waals surface area contributed by atoms with E-state index in [-0.39, 0.29) is 5.91 Å². The number of nitrogens with zero attached hydrogens (tertiary/aromatic N) is 1. The van der Waals surface area contributed by atoms with Crippen LogP contribution in [0.1, 0.15) is 16.8 Å². The topological polar surface area (TPSA) is 20.3 Å². The molecule has 2 nitrogen and oxygen atoms in total. The highest BCUT2D eigenvalue weighted by atomic mass is 35.5. The summed E-state index contributed by atoms with van der Waals surface area (Å²) in [7, 11) is 0. The molecule has 0 radical (unpaired) electrons. The highest BCUT2D eigenvalue weighted by Crippen LogP contribution is 2.15. The number of rotatable bonds is 1. The predicted octanol–water partition coefficient (Wildman–Crippen LogP) is 2.66. The number of hydrogen-bond acceptors (Lipinski definition) is 1. The largest absolute Gasteiger partial charge is 0.333 e. The highest BCUT2D eigenvalue weighted by Gasteiger charge is 2.18. The van der Waals surface area contributed by atoms with Crippen molar-refractivity contribution >= 4 is 17.5 Å². The molecule has 15 heavy (non-hydrogen) atoms. The van der Waals surface area contributed by atoms with Gasteiger partial charge in [-0.15, -0.1) is 0 Å². The van der Waals surface area contributed by atoms with E-state index in [0.29, 0.717) is 6.54 Å². The van der Waals surface area contributed by atoms with Crippen LogP contribution in [-0.4, -0.2) is 23.9 Å². The summed E-state index contributed by atoms with van der Waals surface area (Å²) >= 11 is 5.91. The Morgan fingerprint density at radius 1 is 1.27 bits per heavy atom. The third-order valence-corrected chi connectivity index (χ3v) is 2.69. The van der Waals surface area contributed by atoms with Crippen LogP contribution in [0, 0.1) is 0 Å². The lowest BCUT2D eigenvalue weighted by atomic mass is 10.1. The number of hydrogen-bond donors (Lipinski definition) is 0. The summed E-state index contributed by atoms with van der Waals surface area (Å²) in [6.07, 6.45) is 2.81. The number of carbonyl (C=O) groups excluding carboxylic acids is 1. The standard InChI is InChI=1S/C12H12ClNO/c13-11-7-4-8-14(9-11)12(15)10-5-2-1-3-6-10/h1-3,5-7H,4,8-9H2. The fraction of sp³-hybridized carbons (Fsp3) is 0.250. The molecule has 0 aliphatic carbocycles. The van der Waals surface area contributed by atoms with Crippen molar-refractivity contribution in [2.45, 2.75) is 6.42 Å². The van der Waals surface area contributed by atoms with Crippen LogP contribution in [0.2, 0.25) is 0 Å². The molecule has 0 unspecified atom stereocenters. The third kappa shape index (κ3) is 2.39. The zero-order valence-corrected chi connectivity index (χ0v) is 9.07. The summed E-state index contributed by atoms with van der Waals surface area (Å²) in [4.78, 5) is 13.8. The van der Waals surface area contributed by atoms with Crippen molar-refractivity contribution in [2.75, 3.05) is 13.1 Å². The number of amides is 1. The van der Waals surface area contributed by atoms with Gasteiger partial charge >= 0.3 is 0 Å². The van der Waals surface area contributed by atoms with E-state index in [1.165, 1.54) is 0 Å². The SMILES string of the molecule is O=C(c1ccccc1)N1CCC=C(Cl)C1. The minimum Gasteiger partial charge on any atom is -0.333 e. The molecule has 0 fully saturated rings. The summed E-state index contributed by atoms with van der Waals surface area (Å²) in [5.74, 6) is 0.0573. The molecule has 0 bridgehead atoms. The van der Waals surface area contributed by atoms with Crippen molar-refractivity contribution < 1.29 is 4.79 Å². The van der Waals surface area contributed by atoms with Gasteiger partial charge in [0.25, 0.3) is 5.91 Å². The zero-order chi connectivity index (χ0) is 10.7. The normalized spacial score (nSPS) is 16.1. The maximum absolute atomic E-state index is 12.0. The molecule has 1 aromatic carbocycles. The van der Waals surface area contributed by atoms with E-state index >= 15 is 0 Å². The second kappa shape index (κ2) is 4.49. The first-order valence-electron chi connectivity index (χ1n) is 4.96. The first-order chi connectivity index (χ1) is 7.27. The Morgan fingerprint density at radius 3 is 2.67 bits per heavy atom. The molecule has 1 amide bonds. The fourth-order valence-corrected chi connectivity index (χ4v) is 1.89. The molecular weight excluding hydrogens is 210 g/mol. The fourth-order valence-electron chi connectivity index (χ4n) is 1.64. The summed E-state index contributed by atoms with van der Waals surface area (Å²) in [6.45, 7) is 1.29. The van der Waals surface area contributed by atoms with Gasteiger partial charge in [-0.05, 0) is 18.6 Å². The first-order valence-corrected chi connectivity index (χ1v) is 5.34. The maximum Gasteiger partial charge on any atom is 0.254 e. The highest BCUT2D eigenvalue weighted by molar-refractivity contribution is 6.30. The van der Waals surface area contributed by atoms with Gasteiger partial charge < -0.3 is 4.90 Å². The molecule has 0 atom stereocenters. The summed E-state index contributed by atoms with van der Waals surface area (Å²) in [5.41, 5.74) is 0.726. The van der Waals surface area contributed by atoms with Crippen LogP contribution >= 0.6 is 11.6 Å². The minimum atomic E-state index is 0.0573. The zero-order valence-electron chi connectivity index (χ0n) is 8.32. The van der Waals surface area contributed by atoms with Gasteiger partial charge in [-0.25, -0.2) is 0 Å². The lowest BCUT2D eigenvalue weighted by Gasteiger charge is -2.25. The Labute approximate surface area is 94.2 Å². The Hall–Kier alpha value is -1.28. The third-order valence-electron chi connectivity index (χ3n) is 2.41. The molecule has 1 aromatic rings. The smallest absolute Gasteiger partial charge is 0.254 e. The van der Waals surface area contributed by atoms with Crippen molar-refractivity contribution in [3.8, 4) is 0 Å². The average Bonchev–Trinajstić information content (AvgIpc) is 2.29. The van der Waals surface area contributed by atoms with E-state index in [2.05, 4.69) is 0 Å². The maximum atomic E-state index is 12.0. The van der Waals surface area contributed by atoms with Gasteiger partial charge in [0.2, 0.25) is 0 Å². The molecule has 0 spiro atoms. The van der Waals surface area contributed by atoms with E-state index in [1.807, 2.05) is 36.4 Å². The van der Waals surface area contributed by atoms with Gasteiger partial charge in [0.05, 0.1) is 6.54 Å². The lowest BCUT2D eigenvalue weighted by molar-refractivity contribution is 0.0769. The minimum absolute atomic E-state index is 0.0573. The van der Waals surface area contributed by atoms with Crippen LogP contribution in [0.15, 0.2) is 41.4 Å². The molecular formula is C12H12ClNO. The quantitative estimate of drug-likeness (QED) is 0.714. The Bertz CT molecular complexity index is 386. The van der Waals surface area contributed by atoms with E-state index in [4.69, 9.17) is 11.6 Å². The van der Waals surface area contributed by atoms with E-state index in [9.17, 15) is 4.79 Å². The van der Waals surface area contributed by atoms with Gasteiger partial charge in [0.15, 0.2) is 0 Å². The molecule has 0 N–H and O–H groups in total. The van der Waals surface area contributed by atoms with Crippen LogP contribution in [0.5, 0.6) is 0 Å². The van der Waals surface area contributed by atoms with Crippen LogP contribution in [0.3, 0.4) is 0 Å². The van der Waals surface area contributed by atoms with Gasteiger partial charge in [-0.3, -0.25) is 4.79 Å². The van der Waals surface area contributed by atoms with Crippen molar-refractivity contribution in [1.82, 2.24) is 4.90 Å². The molecule has 1 aliphatic rings. The van der Waals surface area contributed by atoms with Crippen molar-refractivity contribution in [3.05, 3.63) is 47.0 Å². The molecule has 0 saturated heterocycles. The molecule has 1 heterocycles. The number of benzene rings is 1. The second-order valence-corrected chi connectivity index (χ2v) is 4.02. The van der Waals surface area contributed by atoms with Crippen molar-refractivity contribution in [2.24, 2.45) is 0 Å².